The molecule has 2 aromatic carbocycles. The minimum atomic E-state index is -0.495. The first-order chi connectivity index (χ1) is 13.0. The summed E-state index contributed by atoms with van der Waals surface area (Å²) in [6.45, 7) is 4.42. The highest BCUT2D eigenvalue weighted by Gasteiger charge is 2.35. The first-order valence-corrected chi connectivity index (χ1v) is 8.81. The number of hydrogen-bond donors (Lipinski definition) is 1. The van der Waals surface area contributed by atoms with Gasteiger partial charge in [0.15, 0.2) is 0 Å². The largest absolute Gasteiger partial charge is 0.483 e. The van der Waals surface area contributed by atoms with Gasteiger partial charge in [0.25, 0.3) is 0 Å². The van der Waals surface area contributed by atoms with Crippen LogP contribution in [0.15, 0.2) is 65.0 Å². The molecule has 1 aromatic heterocycles. The van der Waals surface area contributed by atoms with Gasteiger partial charge in [0.2, 0.25) is 0 Å². The number of benzene rings is 2. The lowest BCUT2D eigenvalue weighted by Gasteiger charge is -2.26. The van der Waals surface area contributed by atoms with Crippen LogP contribution >= 0.6 is 0 Å². The minimum Gasteiger partial charge on any atom is -0.483 e. The van der Waals surface area contributed by atoms with Crippen molar-refractivity contribution >= 4 is 27.8 Å². The van der Waals surface area contributed by atoms with Crippen LogP contribution in [-0.4, -0.2) is 12.2 Å². The number of ether oxygens (including phenoxy) is 1. The van der Waals surface area contributed by atoms with Crippen molar-refractivity contribution in [3.63, 3.8) is 0 Å². The van der Waals surface area contributed by atoms with E-state index in [2.05, 4.69) is 17.6 Å². The second kappa shape index (κ2) is 5.72. The fourth-order valence-electron chi connectivity index (χ4n) is 3.71. The molecule has 3 aromatic rings. The SMILES string of the molecule is CC1(C)O/C(=C2/CONc3cc(F)ccc32)C=C1c1ccc2occc2c1. The molecule has 3 heterocycles. The quantitative estimate of drug-likeness (QED) is 0.617. The molecule has 0 aliphatic carbocycles. The summed E-state index contributed by atoms with van der Waals surface area (Å²) in [5, 5.41) is 1.05. The van der Waals surface area contributed by atoms with Gasteiger partial charge in [0, 0.05) is 22.1 Å². The van der Waals surface area contributed by atoms with E-state index in [4.69, 9.17) is 14.0 Å². The number of hydrogen-bond acceptors (Lipinski definition) is 4. The lowest BCUT2D eigenvalue weighted by atomic mass is 9.91. The molecule has 2 aliphatic rings. The molecule has 0 bridgehead atoms. The summed E-state index contributed by atoms with van der Waals surface area (Å²) < 4.78 is 25.3. The maximum atomic E-state index is 13.5. The highest BCUT2D eigenvalue weighted by Crippen LogP contribution is 2.43. The average molecular weight is 363 g/mol. The van der Waals surface area contributed by atoms with Crippen LogP contribution in [0.5, 0.6) is 0 Å². The predicted molar refractivity (Wildman–Crippen MR) is 102 cm³/mol. The van der Waals surface area contributed by atoms with Crippen LogP contribution in [0.4, 0.5) is 10.1 Å². The molecular formula is C22H18FNO3. The van der Waals surface area contributed by atoms with Crippen molar-refractivity contribution in [1.82, 2.24) is 0 Å². The van der Waals surface area contributed by atoms with E-state index in [0.717, 1.165) is 39.0 Å². The Morgan fingerprint density at radius 3 is 2.85 bits per heavy atom. The number of anilines is 1. The molecule has 1 N–H and O–H groups in total. The number of halogens is 1. The number of allylic oxidation sites excluding steroid dienone is 1. The van der Waals surface area contributed by atoms with Crippen LogP contribution in [0.1, 0.15) is 25.0 Å². The maximum absolute atomic E-state index is 13.5. The second-order valence-electron chi connectivity index (χ2n) is 7.27. The van der Waals surface area contributed by atoms with Crippen molar-refractivity contribution < 1.29 is 18.4 Å². The van der Waals surface area contributed by atoms with Crippen LogP contribution in [0.2, 0.25) is 0 Å². The molecule has 5 rings (SSSR count). The zero-order valence-electron chi connectivity index (χ0n) is 15.0. The van der Waals surface area contributed by atoms with Crippen LogP contribution < -0.4 is 5.48 Å². The van der Waals surface area contributed by atoms with Gasteiger partial charge in [0.1, 0.15) is 29.4 Å². The van der Waals surface area contributed by atoms with E-state index in [-0.39, 0.29) is 5.82 Å². The summed E-state index contributed by atoms with van der Waals surface area (Å²) >= 11 is 0. The third kappa shape index (κ3) is 2.62. The van der Waals surface area contributed by atoms with E-state index in [1.54, 1.807) is 12.3 Å². The monoisotopic (exact) mass is 363 g/mol. The Morgan fingerprint density at radius 1 is 1.07 bits per heavy atom. The molecule has 4 nitrogen and oxygen atoms in total. The predicted octanol–water partition coefficient (Wildman–Crippen LogP) is 5.53. The molecular weight excluding hydrogens is 345 g/mol. The fourth-order valence-corrected chi connectivity index (χ4v) is 3.71. The standard InChI is InChI=1S/C22H18FNO3/c1-22(2)18(13-3-6-20-14(9-13)7-8-25-20)11-21(27-22)17-12-26-24-19-10-15(23)4-5-16(17)19/h3-11,24H,12H2,1-2H3/b21-17-. The fraction of sp³-hybridized carbons (Fsp3) is 0.182. The van der Waals surface area contributed by atoms with Crippen LogP contribution in [0.3, 0.4) is 0 Å². The third-order valence-corrected chi connectivity index (χ3v) is 5.06. The van der Waals surface area contributed by atoms with Gasteiger partial charge in [0.05, 0.1) is 12.0 Å². The van der Waals surface area contributed by atoms with Crippen molar-refractivity contribution in [3.05, 3.63) is 77.5 Å². The molecule has 27 heavy (non-hydrogen) atoms. The second-order valence-corrected chi connectivity index (χ2v) is 7.27. The van der Waals surface area contributed by atoms with E-state index in [9.17, 15) is 4.39 Å². The summed E-state index contributed by atoms with van der Waals surface area (Å²) in [7, 11) is 0. The Hall–Kier alpha value is -3.05. The molecule has 136 valence electrons. The topological polar surface area (TPSA) is 43.6 Å². The van der Waals surface area contributed by atoms with E-state index >= 15 is 0 Å². The van der Waals surface area contributed by atoms with E-state index in [0.29, 0.717) is 12.3 Å². The zero-order chi connectivity index (χ0) is 18.6. The molecule has 0 saturated heterocycles. The lowest BCUT2D eigenvalue weighted by Crippen LogP contribution is -2.22. The van der Waals surface area contributed by atoms with Gasteiger partial charge in [-0.3, -0.25) is 10.3 Å². The molecule has 2 aliphatic heterocycles. The Balaban J connectivity index is 1.64. The molecule has 0 unspecified atom stereocenters. The van der Waals surface area contributed by atoms with E-state index < -0.39 is 5.60 Å². The van der Waals surface area contributed by atoms with Gasteiger partial charge < -0.3 is 9.15 Å². The molecule has 0 spiro atoms. The van der Waals surface area contributed by atoms with Crippen molar-refractivity contribution in [2.24, 2.45) is 0 Å². The molecule has 0 atom stereocenters. The van der Waals surface area contributed by atoms with Gasteiger partial charge in [-0.2, -0.15) is 0 Å². The first-order valence-electron chi connectivity index (χ1n) is 8.81. The number of fused-ring (bicyclic) bond motifs is 2. The molecule has 5 heteroatoms. The van der Waals surface area contributed by atoms with Crippen LogP contribution in [-0.2, 0) is 9.57 Å². The Labute approximate surface area is 155 Å². The molecule has 0 fully saturated rings. The average Bonchev–Trinajstić information content (AvgIpc) is 3.23. The highest BCUT2D eigenvalue weighted by molar-refractivity contribution is 5.88. The minimum absolute atomic E-state index is 0.312. The van der Waals surface area contributed by atoms with Crippen LogP contribution in [0, 0.1) is 5.82 Å². The Kier molecular flexibility index (Phi) is 3.42. The van der Waals surface area contributed by atoms with Gasteiger partial charge >= 0.3 is 0 Å². The van der Waals surface area contributed by atoms with Gasteiger partial charge in [-0.15, -0.1) is 0 Å². The summed E-state index contributed by atoms with van der Waals surface area (Å²) in [5.41, 5.74) is 7.69. The lowest BCUT2D eigenvalue weighted by molar-refractivity contribution is 0.109. The molecule has 0 amide bonds. The van der Waals surface area contributed by atoms with Crippen molar-refractivity contribution in [1.29, 1.82) is 0 Å². The van der Waals surface area contributed by atoms with Gasteiger partial charge in [-0.05, 0) is 61.9 Å². The highest BCUT2D eigenvalue weighted by atomic mass is 19.1. The number of nitrogens with one attached hydrogen (secondary N) is 1. The Morgan fingerprint density at radius 2 is 1.96 bits per heavy atom. The summed E-state index contributed by atoms with van der Waals surface area (Å²) in [4.78, 5) is 5.44. The first kappa shape index (κ1) is 16.1. The van der Waals surface area contributed by atoms with Gasteiger partial charge in [-0.1, -0.05) is 6.07 Å². The van der Waals surface area contributed by atoms with Crippen molar-refractivity contribution in [2.75, 3.05) is 12.1 Å². The maximum Gasteiger partial charge on any atom is 0.133 e. The normalized spacial score (nSPS) is 20.8. The third-order valence-electron chi connectivity index (χ3n) is 5.06. The number of furan rings is 1. The van der Waals surface area contributed by atoms with E-state index in [1.807, 2.05) is 32.0 Å². The summed E-state index contributed by atoms with van der Waals surface area (Å²) in [6, 6.07) is 12.7. The smallest absolute Gasteiger partial charge is 0.133 e. The number of rotatable bonds is 1. The van der Waals surface area contributed by atoms with E-state index in [1.165, 1.54) is 12.1 Å². The van der Waals surface area contributed by atoms with Crippen molar-refractivity contribution in [2.45, 2.75) is 19.4 Å². The molecule has 0 radical (unpaired) electrons. The Bertz CT molecular complexity index is 1120. The van der Waals surface area contributed by atoms with Crippen LogP contribution in [0.25, 0.3) is 22.1 Å². The zero-order valence-corrected chi connectivity index (χ0v) is 15.0. The summed E-state index contributed by atoms with van der Waals surface area (Å²) in [5.74, 6) is 0.435. The summed E-state index contributed by atoms with van der Waals surface area (Å²) in [6.07, 6.45) is 3.74. The molecule has 0 saturated carbocycles. The van der Waals surface area contributed by atoms with Crippen molar-refractivity contribution in [3.8, 4) is 0 Å². The van der Waals surface area contributed by atoms with Gasteiger partial charge in [-0.25, -0.2) is 4.39 Å².